The van der Waals surface area contributed by atoms with Crippen LogP contribution in [0.3, 0.4) is 0 Å². The second kappa shape index (κ2) is 10.1. The minimum Gasteiger partial charge on any atom is -0.479 e. The van der Waals surface area contributed by atoms with Gasteiger partial charge in [-0.3, -0.25) is 4.79 Å². The van der Waals surface area contributed by atoms with E-state index < -0.39 is 6.10 Å². The molecule has 0 radical (unpaired) electrons. The highest BCUT2D eigenvalue weighted by atomic mass is 35.5. The molecular weight excluding hydrogens is 388 g/mol. The van der Waals surface area contributed by atoms with Crippen LogP contribution in [0.2, 0.25) is 0 Å². The Morgan fingerprint density at radius 1 is 1.37 bits per heavy atom. The van der Waals surface area contributed by atoms with Crippen LogP contribution < -0.4 is 5.32 Å². The quantitative estimate of drug-likeness (QED) is 0.545. The molecule has 0 aromatic rings. The summed E-state index contributed by atoms with van der Waals surface area (Å²) >= 11 is 12.3. The molecular formula is C21H26Cl2FNO2. The fraction of sp³-hybridized carbons (Fsp3) is 0.476. The molecule has 2 aliphatic carbocycles. The molecule has 2 aliphatic rings. The first kappa shape index (κ1) is 21.8. The molecule has 0 aromatic heterocycles. The molecule has 0 aliphatic heterocycles. The van der Waals surface area contributed by atoms with Crippen LogP contribution in [0.15, 0.2) is 58.6 Å². The van der Waals surface area contributed by atoms with Crippen LogP contribution in [-0.4, -0.2) is 23.4 Å². The van der Waals surface area contributed by atoms with E-state index in [1.807, 2.05) is 26.8 Å². The topological polar surface area (TPSA) is 38.3 Å². The van der Waals surface area contributed by atoms with Crippen molar-refractivity contribution in [3.8, 4) is 0 Å². The molecule has 0 aromatic carbocycles. The maximum absolute atomic E-state index is 13.5. The number of nitrogens with one attached hydrogen (secondary N) is 1. The van der Waals surface area contributed by atoms with E-state index >= 15 is 0 Å². The van der Waals surface area contributed by atoms with Crippen molar-refractivity contribution >= 4 is 29.1 Å². The molecule has 2 rings (SSSR count). The number of rotatable bonds is 7. The van der Waals surface area contributed by atoms with E-state index in [4.69, 9.17) is 27.9 Å². The Hall–Kier alpha value is -1.52. The van der Waals surface area contributed by atoms with Crippen molar-refractivity contribution in [2.24, 2.45) is 5.92 Å². The van der Waals surface area contributed by atoms with Gasteiger partial charge in [-0.15, -0.1) is 11.6 Å². The van der Waals surface area contributed by atoms with E-state index in [1.54, 1.807) is 24.3 Å². The summed E-state index contributed by atoms with van der Waals surface area (Å²) in [7, 11) is 0. The second-order valence-electron chi connectivity index (χ2n) is 6.98. The van der Waals surface area contributed by atoms with E-state index in [-0.39, 0.29) is 35.5 Å². The van der Waals surface area contributed by atoms with Crippen LogP contribution in [0.25, 0.3) is 0 Å². The first-order valence-corrected chi connectivity index (χ1v) is 10.0. The van der Waals surface area contributed by atoms with E-state index in [9.17, 15) is 9.18 Å². The fourth-order valence-electron chi connectivity index (χ4n) is 2.91. The molecule has 0 heterocycles. The summed E-state index contributed by atoms with van der Waals surface area (Å²) in [6.45, 7) is 5.90. The number of carbonyl (C=O) groups is 1. The molecule has 0 saturated carbocycles. The van der Waals surface area contributed by atoms with Crippen molar-refractivity contribution in [2.75, 3.05) is 0 Å². The minimum atomic E-state index is -0.672. The number of hydrogen-bond acceptors (Lipinski definition) is 2. The molecule has 0 saturated heterocycles. The highest BCUT2D eigenvalue weighted by Gasteiger charge is 2.26. The van der Waals surface area contributed by atoms with Crippen molar-refractivity contribution in [1.29, 1.82) is 0 Å². The first-order valence-electron chi connectivity index (χ1n) is 9.22. The minimum absolute atomic E-state index is 0.131. The summed E-state index contributed by atoms with van der Waals surface area (Å²) in [5.41, 5.74) is 0.862. The molecule has 3 unspecified atom stereocenters. The summed E-state index contributed by atoms with van der Waals surface area (Å²) in [6, 6.07) is -0.243. The van der Waals surface area contributed by atoms with Crippen LogP contribution in [0.1, 0.15) is 40.0 Å². The lowest BCUT2D eigenvalue weighted by molar-refractivity contribution is -0.131. The average molecular weight is 414 g/mol. The highest BCUT2D eigenvalue weighted by molar-refractivity contribution is 6.31. The summed E-state index contributed by atoms with van der Waals surface area (Å²) in [6.07, 6.45) is 10.9. The van der Waals surface area contributed by atoms with Gasteiger partial charge in [0.1, 0.15) is 11.6 Å². The molecule has 1 amide bonds. The number of amides is 1. The van der Waals surface area contributed by atoms with E-state index in [0.717, 1.165) is 5.57 Å². The maximum Gasteiger partial charge on any atom is 0.261 e. The Labute approximate surface area is 170 Å². The third-order valence-electron chi connectivity index (χ3n) is 4.43. The molecule has 0 bridgehead atoms. The summed E-state index contributed by atoms with van der Waals surface area (Å²) in [4.78, 5) is 12.8. The summed E-state index contributed by atoms with van der Waals surface area (Å²) < 4.78 is 19.3. The van der Waals surface area contributed by atoms with E-state index in [0.29, 0.717) is 23.6 Å². The van der Waals surface area contributed by atoms with Gasteiger partial charge in [0, 0.05) is 12.8 Å². The van der Waals surface area contributed by atoms with E-state index in [2.05, 4.69) is 5.32 Å². The predicted molar refractivity (Wildman–Crippen MR) is 109 cm³/mol. The zero-order chi connectivity index (χ0) is 20.0. The Kier molecular flexibility index (Phi) is 8.18. The molecule has 3 atom stereocenters. The lowest BCUT2D eigenvalue weighted by Gasteiger charge is -2.27. The van der Waals surface area contributed by atoms with Gasteiger partial charge in [-0.1, -0.05) is 56.7 Å². The van der Waals surface area contributed by atoms with Gasteiger partial charge in [0.05, 0.1) is 16.5 Å². The van der Waals surface area contributed by atoms with E-state index in [1.165, 1.54) is 6.08 Å². The van der Waals surface area contributed by atoms with Crippen LogP contribution in [0.4, 0.5) is 4.39 Å². The monoisotopic (exact) mass is 413 g/mol. The highest BCUT2D eigenvalue weighted by Crippen LogP contribution is 2.28. The van der Waals surface area contributed by atoms with Crippen LogP contribution in [0.5, 0.6) is 0 Å². The van der Waals surface area contributed by atoms with Crippen LogP contribution >= 0.6 is 23.2 Å². The molecule has 3 nitrogen and oxygen atoms in total. The van der Waals surface area contributed by atoms with Crippen molar-refractivity contribution in [2.45, 2.75) is 57.6 Å². The molecule has 1 N–H and O–H groups in total. The van der Waals surface area contributed by atoms with Gasteiger partial charge in [0.2, 0.25) is 0 Å². The number of halogens is 3. The first-order chi connectivity index (χ1) is 12.8. The molecule has 148 valence electrons. The zero-order valence-electron chi connectivity index (χ0n) is 15.8. The average Bonchev–Trinajstić information content (AvgIpc) is 2.83. The Balaban J connectivity index is 2.11. The second-order valence-corrected chi connectivity index (χ2v) is 8.00. The Morgan fingerprint density at radius 2 is 2.11 bits per heavy atom. The van der Waals surface area contributed by atoms with Gasteiger partial charge >= 0.3 is 0 Å². The molecule has 0 fully saturated rings. The number of hydrogen-bond donors (Lipinski definition) is 1. The van der Waals surface area contributed by atoms with Gasteiger partial charge in [-0.25, -0.2) is 4.39 Å². The summed E-state index contributed by atoms with van der Waals surface area (Å²) in [5, 5.41) is 3.39. The van der Waals surface area contributed by atoms with Crippen molar-refractivity contribution < 1.29 is 13.9 Å². The number of ether oxygens (including phenoxy) is 1. The van der Waals surface area contributed by atoms with Crippen molar-refractivity contribution in [3.63, 3.8) is 0 Å². The fourth-order valence-corrected chi connectivity index (χ4v) is 3.49. The van der Waals surface area contributed by atoms with Gasteiger partial charge in [0.25, 0.3) is 5.91 Å². The smallest absolute Gasteiger partial charge is 0.261 e. The lowest BCUT2D eigenvalue weighted by Crippen LogP contribution is -2.45. The lowest BCUT2D eigenvalue weighted by atomic mass is 9.94. The normalized spacial score (nSPS) is 22.1. The van der Waals surface area contributed by atoms with Crippen molar-refractivity contribution in [3.05, 3.63) is 58.6 Å². The van der Waals surface area contributed by atoms with Gasteiger partial charge in [-0.05, 0) is 30.1 Å². The molecule has 6 heteroatoms. The van der Waals surface area contributed by atoms with Gasteiger partial charge < -0.3 is 10.1 Å². The van der Waals surface area contributed by atoms with Gasteiger partial charge in [0.15, 0.2) is 6.10 Å². The third kappa shape index (κ3) is 6.25. The Morgan fingerprint density at radius 3 is 2.74 bits per heavy atom. The van der Waals surface area contributed by atoms with Crippen LogP contribution in [0, 0.1) is 5.92 Å². The molecule has 27 heavy (non-hydrogen) atoms. The number of alkyl halides is 1. The van der Waals surface area contributed by atoms with Crippen molar-refractivity contribution in [1.82, 2.24) is 5.32 Å². The standard InChI is InChI=1S/C21H26Cl2FNO2/c1-4-18(27-19-11-9-15(22)12-17(19)23)21(26)25-20(13(2)3)14-6-5-7-16(24)10-8-14/h5-6,8-11,13,15,18,20H,4,7,12H2,1-3H3,(H,25,26). The zero-order valence-corrected chi connectivity index (χ0v) is 17.4. The Bertz CT molecular complexity index is 707. The molecule has 0 spiro atoms. The summed E-state index contributed by atoms with van der Waals surface area (Å²) in [5.74, 6) is 0.187. The number of carbonyl (C=O) groups excluding carboxylic acids is 1. The largest absolute Gasteiger partial charge is 0.479 e. The SMILES string of the molecule is CCC(OC1=C(Cl)CC(Cl)C=C1)C(=O)NC(C1=CC=C(F)CC=C1)C(C)C. The maximum atomic E-state index is 13.5. The number of allylic oxidation sites excluding steroid dienone is 7. The van der Waals surface area contributed by atoms with Crippen LogP contribution in [-0.2, 0) is 9.53 Å². The third-order valence-corrected chi connectivity index (χ3v) is 5.07. The predicted octanol–water partition coefficient (Wildman–Crippen LogP) is 5.68. The van der Waals surface area contributed by atoms with Gasteiger partial charge in [-0.2, -0.15) is 0 Å².